The summed E-state index contributed by atoms with van der Waals surface area (Å²) in [5, 5.41) is 9.38. The number of hydrogen-bond donors (Lipinski definition) is 0. The molecule has 0 aliphatic carbocycles. The van der Waals surface area contributed by atoms with Crippen molar-refractivity contribution in [3.63, 3.8) is 0 Å². The zero-order chi connectivity index (χ0) is 17.1. The standard InChI is InChI=1S/C19H12ClFN2S/c1-24-16-8-4-12(5-9-16)17-10-14(11-22)19(20)23-18(17)13-2-6-15(21)7-3-13/h2-10H,1H3. The molecule has 3 aromatic rings. The summed E-state index contributed by atoms with van der Waals surface area (Å²) >= 11 is 7.76. The molecule has 0 saturated heterocycles. The summed E-state index contributed by atoms with van der Waals surface area (Å²) in [6, 6.07) is 17.8. The molecule has 2 nitrogen and oxygen atoms in total. The highest BCUT2D eigenvalue weighted by Crippen LogP contribution is 2.34. The summed E-state index contributed by atoms with van der Waals surface area (Å²) in [4.78, 5) is 5.52. The molecule has 0 bridgehead atoms. The number of aromatic nitrogens is 1. The Morgan fingerprint density at radius 1 is 1.04 bits per heavy atom. The van der Waals surface area contributed by atoms with Crippen LogP contribution in [0.15, 0.2) is 59.5 Å². The molecule has 24 heavy (non-hydrogen) atoms. The quantitative estimate of drug-likeness (QED) is 0.440. The number of thioether (sulfide) groups is 1. The van der Waals surface area contributed by atoms with Crippen LogP contribution in [0.1, 0.15) is 5.56 Å². The second-order valence-corrected chi connectivity index (χ2v) is 6.31. The minimum Gasteiger partial charge on any atom is -0.234 e. The molecule has 2 aromatic carbocycles. The summed E-state index contributed by atoms with van der Waals surface area (Å²) in [6.45, 7) is 0. The van der Waals surface area contributed by atoms with E-state index in [9.17, 15) is 9.65 Å². The van der Waals surface area contributed by atoms with Crippen LogP contribution in [-0.4, -0.2) is 11.2 Å². The van der Waals surface area contributed by atoms with E-state index in [1.54, 1.807) is 30.0 Å². The summed E-state index contributed by atoms with van der Waals surface area (Å²) in [7, 11) is 0. The monoisotopic (exact) mass is 354 g/mol. The van der Waals surface area contributed by atoms with Gasteiger partial charge < -0.3 is 0 Å². The van der Waals surface area contributed by atoms with Gasteiger partial charge in [0.05, 0.1) is 11.3 Å². The number of rotatable bonds is 3. The topological polar surface area (TPSA) is 36.7 Å². The van der Waals surface area contributed by atoms with Gasteiger partial charge in [0.25, 0.3) is 0 Å². The van der Waals surface area contributed by atoms with Crippen molar-refractivity contribution in [1.82, 2.24) is 4.98 Å². The molecule has 1 aromatic heterocycles. The van der Waals surface area contributed by atoms with E-state index in [1.807, 2.05) is 30.5 Å². The van der Waals surface area contributed by atoms with Gasteiger partial charge in [0.15, 0.2) is 0 Å². The van der Waals surface area contributed by atoms with Crippen LogP contribution in [0.4, 0.5) is 4.39 Å². The SMILES string of the molecule is CSc1ccc(-c2cc(C#N)c(Cl)nc2-c2ccc(F)cc2)cc1. The molecule has 0 saturated carbocycles. The van der Waals surface area contributed by atoms with Crippen molar-refractivity contribution in [2.45, 2.75) is 4.90 Å². The van der Waals surface area contributed by atoms with E-state index in [4.69, 9.17) is 11.6 Å². The summed E-state index contributed by atoms with van der Waals surface area (Å²) in [5.74, 6) is -0.315. The molecule has 3 rings (SSSR count). The summed E-state index contributed by atoms with van der Waals surface area (Å²) in [5.41, 5.74) is 3.39. The van der Waals surface area contributed by atoms with Gasteiger partial charge in [-0.25, -0.2) is 9.37 Å². The van der Waals surface area contributed by atoms with Crippen LogP contribution in [-0.2, 0) is 0 Å². The minimum absolute atomic E-state index is 0.140. The highest BCUT2D eigenvalue weighted by molar-refractivity contribution is 7.98. The first-order valence-corrected chi connectivity index (χ1v) is 8.73. The molecule has 5 heteroatoms. The van der Waals surface area contributed by atoms with Crippen LogP contribution in [0.3, 0.4) is 0 Å². The Hall–Kier alpha value is -2.35. The van der Waals surface area contributed by atoms with Crippen LogP contribution in [0.25, 0.3) is 22.4 Å². The third-order valence-electron chi connectivity index (χ3n) is 3.62. The lowest BCUT2D eigenvalue weighted by atomic mass is 9.98. The van der Waals surface area contributed by atoms with Crippen molar-refractivity contribution in [3.05, 3.63) is 71.1 Å². The van der Waals surface area contributed by atoms with Crippen LogP contribution in [0.2, 0.25) is 5.15 Å². The molecular weight excluding hydrogens is 343 g/mol. The molecule has 0 unspecified atom stereocenters. The number of pyridine rings is 1. The van der Waals surface area contributed by atoms with E-state index in [1.165, 1.54) is 12.1 Å². The fourth-order valence-electron chi connectivity index (χ4n) is 2.39. The number of halogens is 2. The molecule has 0 aliphatic heterocycles. The van der Waals surface area contributed by atoms with Gasteiger partial charge in [-0.2, -0.15) is 5.26 Å². The summed E-state index contributed by atoms with van der Waals surface area (Å²) < 4.78 is 13.2. The van der Waals surface area contributed by atoms with Gasteiger partial charge in [0.1, 0.15) is 17.0 Å². The Morgan fingerprint density at radius 2 is 1.67 bits per heavy atom. The van der Waals surface area contributed by atoms with Crippen LogP contribution in [0.5, 0.6) is 0 Å². The van der Waals surface area contributed by atoms with Gasteiger partial charge in [0, 0.05) is 16.0 Å². The zero-order valence-electron chi connectivity index (χ0n) is 12.8. The Morgan fingerprint density at radius 3 is 2.25 bits per heavy atom. The Bertz CT molecular complexity index is 916. The van der Waals surface area contributed by atoms with E-state index in [0.29, 0.717) is 11.3 Å². The second kappa shape index (κ2) is 7.04. The first-order chi connectivity index (χ1) is 11.6. The average molecular weight is 355 g/mol. The number of nitriles is 1. The van der Waals surface area contributed by atoms with Crippen molar-refractivity contribution in [3.8, 4) is 28.5 Å². The Kier molecular flexibility index (Phi) is 4.84. The molecule has 0 N–H and O–H groups in total. The van der Waals surface area contributed by atoms with E-state index < -0.39 is 0 Å². The number of benzene rings is 2. The van der Waals surface area contributed by atoms with Crippen LogP contribution in [0, 0.1) is 17.1 Å². The molecule has 118 valence electrons. The molecule has 0 atom stereocenters. The lowest BCUT2D eigenvalue weighted by Gasteiger charge is -2.11. The van der Waals surface area contributed by atoms with E-state index in [2.05, 4.69) is 11.1 Å². The van der Waals surface area contributed by atoms with Gasteiger partial charge in [0.2, 0.25) is 0 Å². The predicted molar refractivity (Wildman–Crippen MR) is 96.6 cm³/mol. The van der Waals surface area contributed by atoms with Gasteiger partial charge in [-0.05, 0) is 54.3 Å². The summed E-state index contributed by atoms with van der Waals surface area (Å²) in [6.07, 6.45) is 2.01. The maximum absolute atomic E-state index is 13.2. The average Bonchev–Trinajstić information content (AvgIpc) is 2.62. The second-order valence-electron chi connectivity index (χ2n) is 5.07. The third kappa shape index (κ3) is 3.28. The zero-order valence-corrected chi connectivity index (χ0v) is 14.3. The van der Waals surface area contributed by atoms with Gasteiger partial charge >= 0.3 is 0 Å². The number of nitrogens with zero attached hydrogens (tertiary/aromatic N) is 2. The third-order valence-corrected chi connectivity index (χ3v) is 4.65. The Balaban J connectivity index is 2.21. The van der Waals surface area contributed by atoms with E-state index >= 15 is 0 Å². The lowest BCUT2D eigenvalue weighted by Crippen LogP contribution is -1.94. The first kappa shape index (κ1) is 16.5. The minimum atomic E-state index is -0.315. The van der Waals surface area contributed by atoms with E-state index in [-0.39, 0.29) is 11.0 Å². The van der Waals surface area contributed by atoms with Gasteiger partial charge in [-0.15, -0.1) is 11.8 Å². The molecule has 0 aliphatic rings. The molecular formula is C19H12ClFN2S. The molecule has 0 radical (unpaired) electrons. The van der Waals surface area contributed by atoms with Crippen molar-refractivity contribution in [2.24, 2.45) is 0 Å². The van der Waals surface area contributed by atoms with Crippen LogP contribution >= 0.6 is 23.4 Å². The van der Waals surface area contributed by atoms with Crippen molar-refractivity contribution in [2.75, 3.05) is 6.26 Å². The van der Waals surface area contributed by atoms with Gasteiger partial charge in [-0.3, -0.25) is 0 Å². The molecule has 1 heterocycles. The maximum Gasteiger partial charge on any atom is 0.147 e. The largest absolute Gasteiger partial charge is 0.234 e. The van der Waals surface area contributed by atoms with Gasteiger partial charge in [-0.1, -0.05) is 23.7 Å². The highest BCUT2D eigenvalue weighted by atomic mass is 35.5. The normalized spacial score (nSPS) is 10.4. The first-order valence-electron chi connectivity index (χ1n) is 7.13. The van der Waals surface area contributed by atoms with Crippen molar-refractivity contribution in [1.29, 1.82) is 5.26 Å². The fourth-order valence-corrected chi connectivity index (χ4v) is 2.98. The molecule has 0 amide bonds. The Labute approximate surface area is 148 Å². The maximum atomic E-state index is 13.2. The fraction of sp³-hybridized carbons (Fsp3) is 0.0526. The van der Waals surface area contributed by atoms with Crippen molar-refractivity contribution >= 4 is 23.4 Å². The lowest BCUT2D eigenvalue weighted by molar-refractivity contribution is 0.628. The van der Waals surface area contributed by atoms with Crippen molar-refractivity contribution < 1.29 is 4.39 Å². The molecule has 0 spiro atoms. The molecule has 0 fully saturated rings. The van der Waals surface area contributed by atoms with E-state index in [0.717, 1.165) is 21.6 Å². The highest BCUT2D eigenvalue weighted by Gasteiger charge is 2.14. The predicted octanol–water partition coefficient (Wildman–Crippen LogP) is 5.80. The number of hydrogen-bond acceptors (Lipinski definition) is 3. The smallest absolute Gasteiger partial charge is 0.147 e. The van der Waals surface area contributed by atoms with Crippen LogP contribution < -0.4 is 0 Å².